The van der Waals surface area contributed by atoms with Gasteiger partial charge >= 0.3 is 17.1 Å². The number of para-hydroxylation sites is 4. The Morgan fingerprint density at radius 3 is 1.46 bits per heavy atom. The van der Waals surface area contributed by atoms with Crippen LogP contribution in [0.15, 0.2) is 297 Å². The van der Waals surface area contributed by atoms with Gasteiger partial charge in [-0.2, -0.15) is 48.5 Å². The molecule has 0 bridgehead atoms. The van der Waals surface area contributed by atoms with Crippen LogP contribution in [0.2, 0.25) is 5.02 Å². The lowest BCUT2D eigenvalue weighted by atomic mass is 9.97. The molecule has 1 aliphatic carbocycles. The smallest absolute Gasteiger partial charge is 0.316 e. The maximum atomic E-state index is 14.0. The second-order valence-electron chi connectivity index (χ2n) is 37.2. The number of sulfonamides is 1. The summed E-state index contributed by atoms with van der Waals surface area (Å²) in [5.74, 6) is 0.836. The van der Waals surface area contributed by atoms with Crippen LogP contribution in [0.5, 0.6) is 11.5 Å². The fraction of sp³-hybridized carbons (Fsp3) is 0.351. The summed E-state index contributed by atoms with van der Waals surface area (Å²) in [6.45, 7) is 26.0. The van der Waals surface area contributed by atoms with Crippen molar-refractivity contribution >= 4 is 79.4 Å². The molecule has 147 heavy (non-hydrogen) atoms. The SMILES string of the molecule is CC(=O)Nc1ccc(CN2CCN(c3cnn(-c4ccccc4)c(=O)c3OC3CCCCC3)CC2)cc1.CCOC(=O)C1CCCN(c2c(N3CCN(S(=O)(=O)c4ccccc4Cl)CC3)cnn(-c3ccccc3)c2=O)C1.CCn1ncc(CN2CCN(c3cnn(-c4ccccc4)c(=O)c3OCc3ccccc3)CC2)c1C.Cc1[nH]cnc1CN1CCN(c2cnn(-c3ccccc3)c(=O)c2SCc2ccccc2)CC1. The van der Waals surface area contributed by atoms with Gasteiger partial charge in [0.25, 0.3) is 11.1 Å². The molecule has 0 spiro atoms. The minimum atomic E-state index is -3.77. The Morgan fingerprint density at radius 1 is 0.463 bits per heavy atom. The van der Waals surface area contributed by atoms with Crippen LogP contribution in [0.4, 0.5) is 34.1 Å². The van der Waals surface area contributed by atoms with E-state index >= 15 is 0 Å². The molecule has 36 heteroatoms. The number of rotatable bonds is 29. The lowest BCUT2D eigenvalue weighted by molar-refractivity contribution is -0.148. The zero-order valence-corrected chi connectivity index (χ0v) is 86.2. The largest absolute Gasteiger partial charge is 0.483 e. The molecule has 5 saturated heterocycles. The Kier molecular flexibility index (Phi) is 35.5. The number of nitrogens with one attached hydrogen (secondary N) is 2. The number of aromatic amines is 1. The van der Waals surface area contributed by atoms with Crippen LogP contribution >= 0.6 is 23.4 Å². The van der Waals surface area contributed by atoms with Gasteiger partial charge in [-0.25, -0.2) is 13.4 Å². The summed E-state index contributed by atoms with van der Waals surface area (Å²) in [6, 6.07) is 72.4. The van der Waals surface area contributed by atoms with Crippen molar-refractivity contribution in [3.8, 4) is 34.2 Å². The molecule has 766 valence electrons. The van der Waals surface area contributed by atoms with E-state index in [0.717, 1.165) is 199 Å². The molecule has 8 aromatic carbocycles. The fourth-order valence-corrected chi connectivity index (χ4v) is 22.2. The molecule has 33 nitrogen and oxygen atoms in total. The molecule has 6 aromatic heterocycles. The van der Waals surface area contributed by atoms with Crippen LogP contribution in [0.1, 0.15) is 105 Å². The number of hydrogen-bond donors (Lipinski definition) is 2. The van der Waals surface area contributed by atoms with Gasteiger partial charge in [0.2, 0.25) is 27.4 Å². The van der Waals surface area contributed by atoms with Crippen molar-refractivity contribution in [1.82, 2.24) is 77.9 Å². The number of esters is 1. The molecule has 2 N–H and O–H groups in total. The predicted molar refractivity (Wildman–Crippen MR) is 577 cm³/mol. The topological polar surface area (TPSA) is 323 Å². The number of aromatic nitrogens is 12. The van der Waals surface area contributed by atoms with Gasteiger partial charge < -0.3 is 49.0 Å². The number of imidazole rings is 1. The molecular formula is C111H127ClN22O11S2. The number of aryl methyl sites for hydroxylation is 2. The van der Waals surface area contributed by atoms with E-state index in [-0.39, 0.29) is 69.1 Å². The number of anilines is 6. The number of thioether (sulfide) groups is 1. The molecule has 6 aliphatic rings. The van der Waals surface area contributed by atoms with Crippen LogP contribution in [0.3, 0.4) is 0 Å². The summed E-state index contributed by atoms with van der Waals surface area (Å²) < 4.78 is 53.6. The average Bonchev–Trinajstić information content (AvgIpc) is 1.40. The van der Waals surface area contributed by atoms with Crippen molar-refractivity contribution in [1.29, 1.82) is 0 Å². The Balaban J connectivity index is 0.000000134. The number of carbonyl (C=O) groups is 2. The number of piperazine rings is 4. The average molecular weight is 2040 g/mol. The Bertz CT molecular complexity index is 7080. The third kappa shape index (κ3) is 26.2. The number of ether oxygens (including phenoxy) is 3. The van der Waals surface area contributed by atoms with Crippen molar-refractivity contribution in [2.75, 3.05) is 154 Å². The molecular weight excluding hydrogens is 1920 g/mol. The van der Waals surface area contributed by atoms with Gasteiger partial charge in [-0.3, -0.25) is 48.1 Å². The number of H-pyrrole nitrogens is 1. The number of hydrogen-bond acceptors (Lipinski definition) is 26. The number of benzene rings is 8. The van der Waals surface area contributed by atoms with Gasteiger partial charge in [0, 0.05) is 179 Å². The molecule has 0 radical (unpaired) electrons. The molecule has 11 heterocycles. The van der Waals surface area contributed by atoms with E-state index < -0.39 is 10.0 Å². The highest BCUT2D eigenvalue weighted by atomic mass is 35.5. The van der Waals surface area contributed by atoms with E-state index in [9.17, 15) is 37.2 Å². The van der Waals surface area contributed by atoms with Gasteiger partial charge in [0.05, 0.1) is 101 Å². The molecule has 6 fully saturated rings. The van der Waals surface area contributed by atoms with E-state index in [1.165, 1.54) is 64.8 Å². The van der Waals surface area contributed by atoms with Crippen LogP contribution in [-0.4, -0.2) is 229 Å². The molecule has 14 aromatic rings. The first kappa shape index (κ1) is 104. The Morgan fingerprint density at radius 2 is 0.932 bits per heavy atom. The first-order chi connectivity index (χ1) is 71.7. The second kappa shape index (κ2) is 50.2. The molecule has 1 saturated carbocycles. The van der Waals surface area contributed by atoms with Crippen LogP contribution in [-0.2, 0) is 62.9 Å². The van der Waals surface area contributed by atoms with Gasteiger partial charge in [-0.15, -0.1) is 11.8 Å². The van der Waals surface area contributed by atoms with Gasteiger partial charge in [0.1, 0.15) is 33.5 Å². The van der Waals surface area contributed by atoms with Crippen molar-refractivity contribution in [3.05, 3.63) is 354 Å². The number of nitrogens with zero attached hydrogens (tertiary/aromatic N) is 20. The van der Waals surface area contributed by atoms with E-state index in [4.69, 9.17) is 25.8 Å². The lowest BCUT2D eigenvalue weighted by Gasteiger charge is -2.39. The number of amides is 1. The van der Waals surface area contributed by atoms with Gasteiger partial charge in [-0.1, -0.05) is 176 Å². The van der Waals surface area contributed by atoms with Crippen molar-refractivity contribution in [3.63, 3.8) is 0 Å². The summed E-state index contributed by atoms with van der Waals surface area (Å²) in [5, 5.41) is 25.5. The highest BCUT2D eigenvalue weighted by Gasteiger charge is 2.37. The number of carbonyl (C=O) groups excluding carboxylic acids is 2. The fourth-order valence-electron chi connectivity index (χ4n) is 19.3. The summed E-state index contributed by atoms with van der Waals surface area (Å²) in [5.41, 5.74) is 14.5. The number of halogens is 1. The van der Waals surface area contributed by atoms with Crippen LogP contribution < -0.4 is 61.5 Å². The van der Waals surface area contributed by atoms with Gasteiger partial charge in [-0.05, 0) is 156 Å². The highest BCUT2D eigenvalue weighted by molar-refractivity contribution is 7.98. The molecule has 1 amide bonds. The quantitative estimate of drug-likeness (QED) is 0.0325. The van der Waals surface area contributed by atoms with Crippen molar-refractivity contribution < 1.29 is 32.2 Å². The Hall–Kier alpha value is -14.3. The van der Waals surface area contributed by atoms with E-state index in [0.29, 0.717) is 80.1 Å². The zero-order valence-electron chi connectivity index (χ0n) is 83.8. The normalized spacial score (nSPS) is 16.1. The maximum absolute atomic E-state index is 14.0. The standard InChI is InChI=1S/C29H35N5O3.C28H32ClN5O5S.C28H32N6O2.C26H28N6OS/c1-22(35)31-24-14-12-23(13-15-24)21-32-16-18-33(19-17-32)27-20-30-34(25-8-4-2-5-9-25)29(36)28(27)37-26-10-6-3-7-11-26;1-2-39-28(36)21-9-8-14-32(20-21)26-24(19-30-34(27(26)35)22-10-4-3-5-11-22)31-15-17-33(18-16-31)40(37,38)25-13-7-6-12-23(25)29;1-3-33-22(2)24(18-29-33)20-31-14-16-32(17-15-31)26-19-30-34(25-12-8-5-9-13-25)28(35)27(26)36-21-23-10-6-4-7-11-23;1-20-23(28-19-27-20)17-30-12-14-31(15-13-30)24-16-29-32(22-10-6-3-7-11-22)26(33)25(24)34-18-21-8-4-2-5-9-21/h2,4-5,8-9,12-15,20,26H,3,6-7,10-11,16-19,21H2,1H3,(H,31,35);3-7,10-13,19,21H,2,8-9,14-18,20H2,1H3;4-13,18-19H,3,14-17,20-21H2,1-2H3;2-11,16,19H,12-15,17-18H2,1H3,(H,27,28). The van der Waals surface area contributed by atoms with E-state index in [2.05, 4.69) is 115 Å². The van der Waals surface area contributed by atoms with Gasteiger partial charge in [0.15, 0.2) is 0 Å². The molecule has 5 aliphatic heterocycles. The minimum absolute atomic E-state index is 0.0679. The highest BCUT2D eigenvalue weighted by Crippen LogP contribution is 2.37. The third-order valence-corrected chi connectivity index (χ3v) is 30.9. The van der Waals surface area contributed by atoms with Crippen molar-refractivity contribution in [2.24, 2.45) is 5.92 Å². The molecule has 1 unspecified atom stereocenters. The predicted octanol–water partition coefficient (Wildman–Crippen LogP) is 14.9. The first-order valence-corrected chi connectivity index (χ1v) is 53.4. The van der Waals surface area contributed by atoms with Crippen molar-refractivity contribution in [2.45, 2.75) is 134 Å². The summed E-state index contributed by atoms with van der Waals surface area (Å²) in [6.07, 6.45) is 17.8. The first-order valence-electron chi connectivity index (χ1n) is 50.6. The molecule has 20 rings (SSSR count). The Labute approximate surface area is 866 Å². The minimum Gasteiger partial charge on any atom is -0.483 e. The van der Waals surface area contributed by atoms with E-state index in [1.807, 2.05) is 209 Å². The monoisotopic (exact) mass is 2040 g/mol. The zero-order chi connectivity index (χ0) is 102. The van der Waals surface area contributed by atoms with Crippen LogP contribution in [0.25, 0.3) is 22.7 Å². The molecule has 1 atom stereocenters. The van der Waals surface area contributed by atoms with E-state index in [1.54, 1.807) is 61.8 Å². The maximum Gasteiger partial charge on any atom is 0.316 e. The summed E-state index contributed by atoms with van der Waals surface area (Å²) in [4.78, 5) is 105. The summed E-state index contributed by atoms with van der Waals surface area (Å²) in [7, 11) is -3.77. The third-order valence-electron chi connectivity index (χ3n) is 27.4. The number of piperidine rings is 1. The lowest BCUT2D eigenvalue weighted by Crippen LogP contribution is -2.50. The van der Waals surface area contributed by atoms with Crippen LogP contribution in [0, 0.1) is 19.8 Å². The second-order valence-corrected chi connectivity index (χ2v) is 40.5. The summed E-state index contributed by atoms with van der Waals surface area (Å²) >= 11 is 7.79.